The molecule has 0 aliphatic carbocycles. The molecule has 0 aromatic heterocycles. The van der Waals surface area contributed by atoms with Crippen LogP contribution < -0.4 is 10.1 Å². The fourth-order valence-electron chi connectivity index (χ4n) is 2.06. The molecule has 0 bridgehead atoms. The second kappa shape index (κ2) is 6.09. The number of methoxy groups -OCH3 is 1. The molecular formula is C14H17N3O2S. The third-order valence-electron chi connectivity index (χ3n) is 3.20. The summed E-state index contributed by atoms with van der Waals surface area (Å²) in [6, 6.07) is 2.02. The number of benzene rings is 1. The Labute approximate surface area is 122 Å². The van der Waals surface area contributed by atoms with Crippen LogP contribution in [0.2, 0.25) is 0 Å². The number of hydrogen-bond acceptors (Lipinski definition) is 5. The van der Waals surface area contributed by atoms with Crippen LogP contribution in [0.3, 0.4) is 0 Å². The molecule has 1 aliphatic heterocycles. The van der Waals surface area contributed by atoms with E-state index in [1.807, 2.05) is 26.8 Å². The summed E-state index contributed by atoms with van der Waals surface area (Å²) in [5, 5.41) is 11.2. The fraction of sp³-hybridized carbons (Fsp3) is 0.357. The number of hydrogen-bond donors (Lipinski definition) is 1. The number of nitrogens with one attached hydrogen (secondary N) is 1. The largest absolute Gasteiger partial charge is 0.496 e. The van der Waals surface area contributed by atoms with Crippen LogP contribution in [0, 0.1) is 20.8 Å². The smallest absolute Gasteiger partial charge is 0.236 e. The zero-order chi connectivity index (χ0) is 14.7. The normalized spacial score (nSPS) is 17.0. The van der Waals surface area contributed by atoms with Crippen LogP contribution in [-0.4, -0.2) is 30.2 Å². The first kappa shape index (κ1) is 14.6. The third kappa shape index (κ3) is 3.01. The Balaban J connectivity index is 2.24. The van der Waals surface area contributed by atoms with Gasteiger partial charge in [0.15, 0.2) is 5.17 Å². The summed E-state index contributed by atoms with van der Waals surface area (Å²) in [5.74, 6) is 1.29. The van der Waals surface area contributed by atoms with Crippen LogP contribution in [0.4, 0.5) is 0 Å². The van der Waals surface area contributed by atoms with Gasteiger partial charge in [-0.2, -0.15) is 5.10 Å². The Morgan fingerprint density at radius 3 is 2.70 bits per heavy atom. The molecule has 1 heterocycles. The zero-order valence-electron chi connectivity index (χ0n) is 12.0. The Kier molecular flexibility index (Phi) is 4.44. The summed E-state index contributed by atoms with van der Waals surface area (Å²) in [4.78, 5) is 11.0. The second-order valence-electron chi connectivity index (χ2n) is 4.55. The number of ether oxygens (including phenoxy) is 1. The van der Waals surface area contributed by atoms with Crippen LogP contribution >= 0.6 is 11.8 Å². The van der Waals surface area contributed by atoms with Gasteiger partial charge < -0.3 is 10.1 Å². The Hall–Kier alpha value is -1.82. The van der Waals surface area contributed by atoms with Gasteiger partial charge in [-0.3, -0.25) is 4.79 Å². The van der Waals surface area contributed by atoms with Gasteiger partial charge in [0, 0.05) is 0 Å². The van der Waals surface area contributed by atoms with E-state index in [9.17, 15) is 4.79 Å². The molecule has 1 N–H and O–H groups in total. The molecule has 0 atom stereocenters. The lowest BCUT2D eigenvalue weighted by Gasteiger charge is -2.13. The van der Waals surface area contributed by atoms with Crippen molar-refractivity contribution in [2.24, 2.45) is 10.2 Å². The Morgan fingerprint density at radius 2 is 2.10 bits per heavy atom. The topological polar surface area (TPSA) is 63.1 Å². The maximum absolute atomic E-state index is 11.0. The molecule has 1 fully saturated rings. The van der Waals surface area contributed by atoms with Crippen LogP contribution in [0.25, 0.3) is 0 Å². The van der Waals surface area contributed by atoms with Gasteiger partial charge in [0.1, 0.15) is 5.75 Å². The standard InChI is InChI=1S/C14H17N3O2S/c1-8-5-11(9(2)10(3)13(8)19-4)6-15-17-14-16-12(18)7-20-14/h5-6H,7H2,1-4H3,(H,16,17,18). The van der Waals surface area contributed by atoms with E-state index in [-0.39, 0.29) is 5.91 Å². The van der Waals surface area contributed by atoms with E-state index >= 15 is 0 Å². The van der Waals surface area contributed by atoms with Crippen LogP contribution in [0.15, 0.2) is 16.3 Å². The Bertz CT molecular complexity index is 609. The number of carbonyl (C=O) groups excluding carboxylic acids is 1. The summed E-state index contributed by atoms with van der Waals surface area (Å²) in [7, 11) is 1.68. The van der Waals surface area contributed by atoms with Crippen molar-refractivity contribution in [1.82, 2.24) is 5.32 Å². The minimum atomic E-state index is -0.0312. The van der Waals surface area contributed by atoms with E-state index in [4.69, 9.17) is 4.74 Å². The predicted molar refractivity (Wildman–Crippen MR) is 82.8 cm³/mol. The number of aryl methyl sites for hydroxylation is 1. The lowest BCUT2D eigenvalue weighted by atomic mass is 9.99. The van der Waals surface area contributed by atoms with Crippen molar-refractivity contribution in [1.29, 1.82) is 0 Å². The molecule has 6 heteroatoms. The molecule has 20 heavy (non-hydrogen) atoms. The summed E-state index contributed by atoms with van der Waals surface area (Å²) >= 11 is 1.36. The highest BCUT2D eigenvalue weighted by atomic mass is 32.2. The highest BCUT2D eigenvalue weighted by Gasteiger charge is 2.16. The molecule has 0 unspecified atom stereocenters. The summed E-state index contributed by atoms with van der Waals surface area (Å²) in [6.07, 6.45) is 1.70. The van der Waals surface area contributed by atoms with E-state index in [1.54, 1.807) is 13.3 Å². The van der Waals surface area contributed by atoms with Gasteiger partial charge in [-0.1, -0.05) is 11.8 Å². The minimum absolute atomic E-state index is 0.0312. The maximum atomic E-state index is 11.0. The molecule has 1 aliphatic rings. The molecular weight excluding hydrogens is 274 g/mol. The molecule has 0 radical (unpaired) electrons. The van der Waals surface area contributed by atoms with Gasteiger partial charge in [-0.05, 0) is 49.1 Å². The van der Waals surface area contributed by atoms with Gasteiger partial charge in [-0.15, -0.1) is 5.10 Å². The molecule has 1 aromatic rings. The zero-order valence-corrected chi connectivity index (χ0v) is 12.8. The second-order valence-corrected chi connectivity index (χ2v) is 5.52. The van der Waals surface area contributed by atoms with E-state index in [0.29, 0.717) is 10.9 Å². The van der Waals surface area contributed by atoms with E-state index < -0.39 is 0 Å². The van der Waals surface area contributed by atoms with Crippen molar-refractivity contribution in [3.8, 4) is 5.75 Å². The van der Waals surface area contributed by atoms with Crippen molar-refractivity contribution in [3.05, 3.63) is 28.3 Å². The number of amides is 1. The molecule has 1 amide bonds. The van der Waals surface area contributed by atoms with E-state index in [0.717, 1.165) is 28.0 Å². The summed E-state index contributed by atoms with van der Waals surface area (Å²) < 4.78 is 5.39. The molecule has 1 saturated heterocycles. The van der Waals surface area contributed by atoms with Crippen molar-refractivity contribution in [2.75, 3.05) is 12.9 Å². The molecule has 0 spiro atoms. The van der Waals surface area contributed by atoms with E-state index in [2.05, 4.69) is 15.5 Å². The van der Waals surface area contributed by atoms with Crippen LogP contribution in [0.5, 0.6) is 5.75 Å². The minimum Gasteiger partial charge on any atom is -0.496 e. The Morgan fingerprint density at radius 1 is 1.35 bits per heavy atom. The van der Waals surface area contributed by atoms with Gasteiger partial charge >= 0.3 is 0 Å². The van der Waals surface area contributed by atoms with Gasteiger partial charge in [0.05, 0.1) is 19.1 Å². The average molecular weight is 291 g/mol. The maximum Gasteiger partial charge on any atom is 0.236 e. The monoisotopic (exact) mass is 291 g/mol. The SMILES string of the molecule is COc1c(C)cc(C=NN=C2NC(=O)CS2)c(C)c1C. The van der Waals surface area contributed by atoms with E-state index in [1.165, 1.54) is 11.8 Å². The average Bonchev–Trinajstić information content (AvgIpc) is 2.82. The van der Waals surface area contributed by atoms with Gasteiger partial charge in [0.25, 0.3) is 0 Å². The lowest BCUT2D eigenvalue weighted by molar-refractivity contribution is -0.116. The number of nitrogens with zero attached hydrogens (tertiary/aromatic N) is 2. The van der Waals surface area contributed by atoms with Crippen molar-refractivity contribution < 1.29 is 9.53 Å². The molecule has 2 rings (SSSR count). The number of rotatable bonds is 3. The quantitative estimate of drug-likeness (QED) is 0.686. The third-order valence-corrected chi connectivity index (χ3v) is 4.07. The molecule has 106 valence electrons. The predicted octanol–water partition coefficient (Wildman–Crippen LogP) is 2.17. The first-order valence-corrected chi connectivity index (χ1v) is 7.20. The van der Waals surface area contributed by atoms with Crippen molar-refractivity contribution >= 4 is 29.1 Å². The highest BCUT2D eigenvalue weighted by Crippen LogP contribution is 2.27. The fourth-order valence-corrected chi connectivity index (χ4v) is 2.69. The van der Waals surface area contributed by atoms with Crippen LogP contribution in [-0.2, 0) is 4.79 Å². The van der Waals surface area contributed by atoms with Crippen LogP contribution in [0.1, 0.15) is 22.3 Å². The molecule has 5 nitrogen and oxygen atoms in total. The molecule has 1 aromatic carbocycles. The number of thioether (sulfide) groups is 1. The van der Waals surface area contributed by atoms with Gasteiger partial charge in [-0.25, -0.2) is 0 Å². The number of amidine groups is 1. The lowest BCUT2D eigenvalue weighted by Crippen LogP contribution is -2.19. The van der Waals surface area contributed by atoms with Gasteiger partial charge in [0.2, 0.25) is 5.91 Å². The number of carbonyl (C=O) groups is 1. The van der Waals surface area contributed by atoms with Crippen molar-refractivity contribution in [3.63, 3.8) is 0 Å². The first-order chi connectivity index (χ1) is 9.52. The van der Waals surface area contributed by atoms with Crippen molar-refractivity contribution in [2.45, 2.75) is 20.8 Å². The summed E-state index contributed by atoms with van der Waals surface area (Å²) in [6.45, 7) is 6.05. The first-order valence-electron chi connectivity index (χ1n) is 6.21. The summed E-state index contributed by atoms with van der Waals surface area (Å²) in [5.41, 5.74) is 4.28. The highest BCUT2D eigenvalue weighted by molar-refractivity contribution is 8.15. The molecule has 0 saturated carbocycles.